The molecule has 0 saturated carbocycles. The molecule has 1 aliphatic heterocycles. The summed E-state index contributed by atoms with van der Waals surface area (Å²) >= 11 is 0. The molecular weight excluding hydrogens is 314 g/mol. The molecule has 0 radical (unpaired) electrons. The Morgan fingerprint density at radius 1 is 1.39 bits per heavy atom. The number of hydrogen-bond acceptors (Lipinski definition) is 4. The molecule has 1 amide bonds. The number of carbonyl (C=O) groups excluding carboxylic acids is 1. The topological polar surface area (TPSA) is 67.2 Å². The molecule has 126 valence electrons. The van der Waals surface area contributed by atoms with Gasteiger partial charge in [-0.05, 0) is 37.2 Å². The number of fused-ring (bicyclic) bond motifs is 1. The highest BCUT2D eigenvalue weighted by atomic mass is 35.5. The molecule has 5 nitrogen and oxygen atoms in total. The highest BCUT2D eigenvalue weighted by Gasteiger charge is 2.28. The van der Waals surface area contributed by atoms with E-state index in [2.05, 4.69) is 36.4 Å². The van der Waals surface area contributed by atoms with Gasteiger partial charge in [0, 0.05) is 17.0 Å². The van der Waals surface area contributed by atoms with Crippen molar-refractivity contribution in [2.45, 2.75) is 33.1 Å². The predicted octanol–water partition coefficient (Wildman–Crippen LogP) is 3.34. The van der Waals surface area contributed by atoms with Crippen LogP contribution in [0.15, 0.2) is 22.6 Å². The lowest BCUT2D eigenvalue weighted by Crippen LogP contribution is -2.48. The van der Waals surface area contributed by atoms with Crippen LogP contribution >= 0.6 is 12.4 Å². The van der Waals surface area contributed by atoms with Gasteiger partial charge in [-0.3, -0.25) is 4.79 Å². The third-order valence-electron chi connectivity index (χ3n) is 4.23. The first-order valence-electron chi connectivity index (χ1n) is 7.77. The van der Waals surface area contributed by atoms with Crippen molar-refractivity contribution in [2.75, 3.05) is 18.4 Å². The summed E-state index contributed by atoms with van der Waals surface area (Å²) in [6.45, 7) is 10.0. The van der Waals surface area contributed by atoms with Gasteiger partial charge >= 0.3 is 0 Å². The van der Waals surface area contributed by atoms with E-state index in [4.69, 9.17) is 4.42 Å². The number of anilines is 1. The first-order valence-corrected chi connectivity index (χ1v) is 7.77. The maximum absolute atomic E-state index is 12.3. The van der Waals surface area contributed by atoms with Gasteiger partial charge < -0.3 is 15.1 Å². The van der Waals surface area contributed by atoms with Crippen LogP contribution < -0.4 is 10.6 Å². The summed E-state index contributed by atoms with van der Waals surface area (Å²) in [6, 6.07) is 5.60. The summed E-state index contributed by atoms with van der Waals surface area (Å²) < 4.78 is 5.77. The van der Waals surface area contributed by atoms with Crippen LogP contribution in [0, 0.1) is 11.8 Å². The van der Waals surface area contributed by atoms with Crippen molar-refractivity contribution in [2.24, 2.45) is 11.8 Å². The number of aromatic nitrogens is 1. The normalized spacial score (nSPS) is 16.5. The van der Waals surface area contributed by atoms with Crippen LogP contribution in [0.2, 0.25) is 0 Å². The summed E-state index contributed by atoms with van der Waals surface area (Å²) in [7, 11) is 0. The maximum atomic E-state index is 12.3. The third-order valence-corrected chi connectivity index (χ3v) is 4.23. The maximum Gasteiger partial charge on any atom is 0.227 e. The Kier molecular flexibility index (Phi) is 5.01. The van der Waals surface area contributed by atoms with Crippen molar-refractivity contribution >= 4 is 35.1 Å². The largest absolute Gasteiger partial charge is 0.440 e. The second kappa shape index (κ2) is 6.49. The highest BCUT2D eigenvalue weighted by Crippen LogP contribution is 2.27. The van der Waals surface area contributed by atoms with Crippen molar-refractivity contribution in [1.82, 2.24) is 10.3 Å². The fourth-order valence-corrected chi connectivity index (χ4v) is 2.46. The number of amides is 1. The van der Waals surface area contributed by atoms with Crippen molar-refractivity contribution in [1.29, 1.82) is 0 Å². The minimum absolute atomic E-state index is 0. The predicted molar refractivity (Wildman–Crippen MR) is 94.1 cm³/mol. The minimum Gasteiger partial charge on any atom is -0.440 e. The molecular formula is C17H24ClN3O2. The summed E-state index contributed by atoms with van der Waals surface area (Å²) in [5.74, 6) is 1.22. The Morgan fingerprint density at radius 3 is 2.65 bits per heavy atom. The van der Waals surface area contributed by atoms with Crippen LogP contribution in [0.5, 0.6) is 0 Å². The lowest BCUT2D eigenvalue weighted by molar-refractivity contribution is -0.121. The lowest BCUT2D eigenvalue weighted by atomic mass is 9.88. The van der Waals surface area contributed by atoms with Crippen molar-refractivity contribution in [3.63, 3.8) is 0 Å². The van der Waals surface area contributed by atoms with Crippen LogP contribution in [0.25, 0.3) is 11.1 Å². The van der Waals surface area contributed by atoms with Crippen molar-refractivity contribution in [3.05, 3.63) is 24.1 Å². The number of oxazole rings is 1. The van der Waals surface area contributed by atoms with Gasteiger partial charge in [-0.15, -0.1) is 12.4 Å². The second-order valence-electron chi connectivity index (χ2n) is 7.15. The molecule has 2 aromatic rings. The molecule has 6 heteroatoms. The zero-order valence-electron chi connectivity index (χ0n) is 14.0. The Hall–Kier alpha value is -1.59. The molecule has 2 N–H and O–H groups in total. The molecule has 0 bridgehead atoms. The molecule has 2 heterocycles. The van der Waals surface area contributed by atoms with Crippen LogP contribution in [-0.4, -0.2) is 24.0 Å². The fraction of sp³-hybridized carbons (Fsp3) is 0.529. The van der Waals surface area contributed by atoms with Crippen LogP contribution in [0.3, 0.4) is 0 Å². The molecule has 1 aromatic heterocycles. The van der Waals surface area contributed by atoms with E-state index in [0.717, 1.165) is 29.9 Å². The number of carbonyl (C=O) groups is 1. The zero-order valence-corrected chi connectivity index (χ0v) is 14.8. The molecule has 1 fully saturated rings. The van der Waals surface area contributed by atoms with Crippen LogP contribution in [0.1, 0.15) is 33.6 Å². The molecule has 0 aliphatic carbocycles. The Bertz CT molecular complexity index is 701. The lowest BCUT2D eigenvalue weighted by Gasteiger charge is -2.31. The van der Waals surface area contributed by atoms with Crippen LogP contribution in [-0.2, 0) is 10.2 Å². The molecule has 0 spiro atoms. The molecule has 1 saturated heterocycles. The monoisotopic (exact) mass is 337 g/mol. The Labute approximate surface area is 142 Å². The average Bonchev–Trinajstić information content (AvgIpc) is 2.79. The molecule has 1 aromatic carbocycles. The van der Waals surface area contributed by atoms with E-state index in [1.54, 1.807) is 0 Å². The van der Waals surface area contributed by atoms with Gasteiger partial charge in [0.25, 0.3) is 0 Å². The van der Waals surface area contributed by atoms with Gasteiger partial charge in [0.15, 0.2) is 5.58 Å². The van der Waals surface area contributed by atoms with Gasteiger partial charge in [0.05, 0.1) is 0 Å². The number of nitrogens with one attached hydrogen (secondary N) is 2. The van der Waals surface area contributed by atoms with E-state index in [1.165, 1.54) is 0 Å². The number of hydrogen-bond donors (Lipinski definition) is 2. The molecule has 1 aliphatic rings. The summed E-state index contributed by atoms with van der Waals surface area (Å²) in [6.07, 6.45) is 0. The van der Waals surface area contributed by atoms with Gasteiger partial charge in [0.2, 0.25) is 11.8 Å². The Morgan fingerprint density at radius 2 is 2.09 bits per heavy atom. The Balaban J connectivity index is 0.00000192. The minimum atomic E-state index is -0.131. The first kappa shape index (κ1) is 17.8. The summed E-state index contributed by atoms with van der Waals surface area (Å²) in [5.41, 5.74) is 2.17. The van der Waals surface area contributed by atoms with Gasteiger partial charge in [-0.1, -0.05) is 27.7 Å². The molecule has 1 atom stereocenters. The van der Waals surface area contributed by atoms with Crippen molar-refractivity contribution < 1.29 is 9.21 Å². The van der Waals surface area contributed by atoms with Crippen LogP contribution in [0.4, 0.5) is 5.69 Å². The standard InChI is InChI=1S/C17H23N3O2.ClH/c1-10(11-8-18-9-11)15(21)19-12-5-6-14-13(7-12)20-16(22-14)17(2,3)4;/h5-7,10-11,18H,8-9H2,1-4H3,(H,19,21);1H. The number of nitrogens with zero attached hydrogens (tertiary/aromatic N) is 1. The zero-order chi connectivity index (χ0) is 15.9. The quantitative estimate of drug-likeness (QED) is 0.901. The summed E-state index contributed by atoms with van der Waals surface area (Å²) in [4.78, 5) is 16.8. The number of benzene rings is 1. The van der Waals surface area contributed by atoms with Gasteiger partial charge in [-0.2, -0.15) is 0 Å². The highest BCUT2D eigenvalue weighted by molar-refractivity contribution is 5.94. The number of halogens is 1. The second-order valence-corrected chi connectivity index (χ2v) is 7.15. The SMILES string of the molecule is CC(C(=O)Nc1ccc2oc(C(C)(C)C)nc2c1)C1CNC1.Cl. The molecule has 3 rings (SSSR count). The van der Waals surface area contributed by atoms with E-state index in [9.17, 15) is 4.79 Å². The van der Waals surface area contributed by atoms with Gasteiger partial charge in [-0.25, -0.2) is 4.98 Å². The van der Waals surface area contributed by atoms with E-state index in [1.807, 2.05) is 25.1 Å². The number of rotatable bonds is 3. The van der Waals surface area contributed by atoms with E-state index >= 15 is 0 Å². The van der Waals surface area contributed by atoms with Gasteiger partial charge in [0.1, 0.15) is 5.52 Å². The third kappa shape index (κ3) is 3.67. The van der Waals surface area contributed by atoms with E-state index in [-0.39, 0.29) is 29.6 Å². The molecule has 23 heavy (non-hydrogen) atoms. The summed E-state index contributed by atoms with van der Waals surface area (Å²) in [5, 5.41) is 6.18. The van der Waals surface area contributed by atoms with E-state index < -0.39 is 0 Å². The average molecular weight is 338 g/mol. The fourth-order valence-electron chi connectivity index (χ4n) is 2.46. The van der Waals surface area contributed by atoms with E-state index in [0.29, 0.717) is 11.8 Å². The molecule has 1 unspecified atom stereocenters. The first-order chi connectivity index (χ1) is 10.3. The smallest absolute Gasteiger partial charge is 0.227 e. The van der Waals surface area contributed by atoms with Crippen molar-refractivity contribution in [3.8, 4) is 0 Å².